The number of aromatic nitrogens is 5. The number of hydrogen-bond donors (Lipinski definition) is 1. The van der Waals surface area contributed by atoms with Crippen LogP contribution in [0.5, 0.6) is 0 Å². The minimum atomic E-state index is -0.216. The van der Waals surface area contributed by atoms with Gasteiger partial charge in [0.1, 0.15) is 5.82 Å². The van der Waals surface area contributed by atoms with Gasteiger partial charge in [-0.1, -0.05) is 60.1 Å². The van der Waals surface area contributed by atoms with Crippen molar-refractivity contribution in [2.45, 2.75) is 6.04 Å². The van der Waals surface area contributed by atoms with E-state index in [-0.39, 0.29) is 6.04 Å². The van der Waals surface area contributed by atoms with Crippen molar-refractivity contribution >= 4 is 23.1 Å². The third kappa shape index (κ3) is 3.60. The van der Waals surface area contributed by atoms with Gasteiger partial charge in [0, 0.05) is 16.8 Å². The summed E-state index contributed by atoms with van der Waals surface area (Å²) in [6, 6.07) is 27.0. The third-order valence-corrected chi connectivity index (χ3v) is 4.99. The molecule has 0 spiro atoms. The van der Waals surface area contributed by atoms with Gasteiger partial charge in [0.2, 0.25) is 0 Å². The Labute approximate surface area is 178 Å². The molecule has 0 amide bonds. The van der Waals surface area contributed by atoms with Crippen molar-refractivity contribution in [3.8, 4) is 11.4 Å². The molecule has 0 radical (unpaired) electrons. The number of halogens is 1. The highest BCUT2D eigenvalue weighted by atomic mass is 35.5. The maximum Gasteiger partial charge on any atom is 0.185 e. The zero-order valence-electron chi connectivity index (χ0n) is 15.9. The quantitative estimate of drug-likeness (QED) is 0.438. The Kier molecular flexibility index (Phi) is 4.83. The zero-order valence-corrected chi connectivity index (χ0v) is 16.6. The number of benzene rings is 2. The van der Waals surface area contributed by atoms with E-state index in [4.69, 9.17) is 16.7 Å². The smallest absolute Gasteiger partial charge is 0.185 e. The van der Waals surface area contributed by atoms with E-state index in [2.05, 4.69) is 20.5 Å². The average molecular weight is 413 g/mol. The van der Waals surface area contributed by atoms with E-state index in [0.717, 1.165) is 16.8 Å². The molecular formula is C23H17ClN6. The lowest BCUT2D eigenvalue weighted by atomic mass is 10.0. The first-order valence-electron chi connectivity index (χ1n) is 9.49. The van der Waals surface area contributed by atoms with Crippen LogP contribution in [0.4, 0.5) is 5.82 Å². The molecule has 1 N–H and O–H groups in total. The van der Waals surface area contributed by atoms with Crippen LogP contribution < -0.4 is 5.32 Å². The van der Waals surface area contributed by atoms with E-state index < -0.39 is 0 Å². The molecule has 0 aliphatic rings. The maximum absolute atomic E-state index is 6.25. The number of pyridine rings is 1. The average Bonchev–Trinajstić information content (AvgIpc) is 3.22. The summed E-state index contributed by atoms with van der Waals surface area (Å²) in [5, 5.41) is 17.4. The summed E-state index contributed by atoms with van der Waals surface area (Å²) < 4.78 is 1.74. The van der Waals surface area contributed by atoms with Gasteiger partial charge < -0.3 is 5.32 Å². The van der Waals surface area contributed by atoms with Crippen LogP contribution in [0.1, 0.15) is 17.3 Å². The molecule has 0 aliphatic carbocycles. The lowest BCUT2D eigenvalue weighted by Crippen LogP contribution is -2.15. The first-order valence-corrected chi connectivity index (χ1v) is 9.86. The number of anilines is 1. The Bertz CT molecular complexity index is 1290. The van der Waals surface area contributed by atoms with E-state index >= 15 is 0 Å². The molecular weight excluding hydrogens is 396 g/mol. The van der Waals surface area contributed by atoms with Crippen molar-refractivity contribution in [3.05, 3.63) is 107 Å². The van der Waals surface area contributed by atoms with Crippen molar-refractivity contribution in [3.63, 3.8) is 0 Å². The maximum atomic E-state index is 6.25. The molecule has 30 heavy (non-hydrogen) atoms. The van der Waals surface area contributed by atoms with Crippen LogP contribution in [0.3, 0.4) is 0 Å². The van der Waals surface area contributed by atoms with E-state index in [1.165, 1.54) is 0 Å². The van der Waals surface area contributed by atoms with Gasteiger partial charge >= 0.3 is 0 Å². The second-order valence-electron chi connectivity index (χ2n) is 6.77. The van der Waals surface area contributed by atoms with Gasteiger partial charge in [-0.05, 0) is 42.0 Å². The fraction of sp³-hybridized carbons (Fsp3) is 0.0435. The number of nitrogens with one attached hydrogen (secondary N) is 1. The van der Waals surface area contributed by atoms with Crippen LogP contribution in [0, 0.1) is 0 Å². The van der Waals surface area contributed by atoms with Crippen molar-refractivity contribution in [1.29, 1.82) is 0 Å². The molecule has 3 aromatic heterocycles. The number of rotatable bonds is 5. The number of fused-ring (bicyclic) bond motifs is 1. The van der Waals surface area contributed by atoms with Gasteiger partial charge in [-0.2, -0.15) is 4.52 Å². The number of hydrogen-bond acceptors (Lipinski definition) is 5. The van der Waals surface area contributed by atoms with Crippen molar-refractivity contribution in [2.24, 2.45) is 0 Å². The summed E-state index contributed by atoms with van der Waals surface area (Å²) in [6.07, 6.45) is 1.78. The first kappa shape index (κ1) is 18.3. The second-order valence-corrected chi connectivity index (χ2v) is 7.20. The second kappa shape index (κ2) is 7.93. The third-order valence-electron chi connectivity index (χ3n) is 4.75. The molecule has 0 fully saturated rings. The van der Waals surface area contributed by atoms with Crippen molar-refractivity contribution in [2.75, 3.05) is 5.32 Å². The minimum absolute atomic E-state index is 0.216. The van der Waals surface area contributed by atoms with E-state index in [1.54, 1.807) is 10.7 Å². The van der Waals surface area contributed by atoms with E-state index in [0.29, 0.717) is 22.3 Å². The van der Waals surface area contributed by atoms with Crippen LogP contribution in [0.25, 0.3) is 17.0 Å². The van der Waals surface area contributed by atoms with Crippen LogP contribution in [-0.2, 0) is 0 Å². The molecule has 5 rings (SSSR count). The summed E-state index contributed by atoms with van der Waals surface area (Å²) in [4.78, 5) is 4.53. The summed E-state index contributed by atoms with van der Waals surface area (Å²) in [7, 11) is 0. The Balaban J connectivity index is 1.56. The van der Waals surface area contributed by atoms with Crippen LogP contribution in [0.15, 0.2) is 91.1 Å². The first-order chi connectivity index (χ1) is 14.8. The Hall–Kier alpha value is -3.77. The zero-order chi connectivity index (χ0) is 20.3. The van der Waals surface area contributed by atoms with Crippen LogP contribution in [0.2, 0.25) is 5.02 Å². The van der Waals surface area contributed by atoms with Crippen molar-refractivity contribution < 1.29 is 0 Å². The highest BCUT2D eigenvalue weighted by Gasteiger charge is 2.17. The van der Waals surface area contributed by atoms with E-state index in [9.17, 15) is 0 Å². The predicted octanol–water partition coefficient (Wildman–Crippen LogP) is 5.04. The molecule has 5 aromatic rings. The normalized spacial score (nSPS) is 12.0. The predicted molar refractivity (Wildman–Crippen MR) is 117 cm³/mol. The summed E-state index contributed by atoms with van der Waals surface area (Å²) >= 11 is 6.25. The van der Waals surface area contributed by atoms with Gasteiger partial charge in [-0.3, -0.25) is 4.98 Å². The molecule has 0 bridgehead atoms. The summed E-state index contributed by atoms with van der Waals surface area (Å²) in [6.45, 7) is 0. The molecule has 0 saturated heterocycles. The lowest BCUT2D eigenvalue weighted by molar-refractivity contribution is 0.852. The molecule has 146 valence electrons. The molecule has 0 saturated carbocycles. The topological polar surface area (TPSA) is 68.0 Å². The molecule has 7 heteroatoms. The lowest BCUT2D eigenvalue weighted by Gasteiger charge is -2.19. The van der Waals surface area contributed by atoms with Crippen LogP contribution in [-0.4, -0.2) is 24.8 Å². The monoisotopic (exact) mass is 412 g/mol. The Morgan fingerprint density at radius 1 is 0.833 bits per heavy atom. The Morgan fingerprint density at radius 2 is 1.70 bits per heavy atom. The fourth-order valence-corrected chi connectivity index (χ4v) is 3.54. The molecule has 2 aromatic carbocycles. The van der Waals surface area contributed by atoms with Gasteiger partial charge in [0.15, 0.2) is 11.5 Å². The standard InChI is InChI=1S/C23H17ClN6/c24-18-10-6-9-17(15-18)22(19-11-4-5-14-25-19)26-20-12-13-21-27-28-23(30(21)29-20)16-7-2-1-3-8-16/h1-15,22H,(H,26,29). The van der Waals surface area contributed by atoms with E-state index in [1.807, 2.05) is 84.9 Å². The van der Waals surface area contributed by atoms with Gasteiger partial charge in [0.05, 0.1) is 11.7 Å². The van der Waals surface area contributed by atoms with Gasteiger partial charge in [-0.15, -0.1) is 15.3 Å². The fourth-order valence-electron chi connectivity index (χ4n) is 3.34. The largest absolute Gasteiger partial charge is 0.356 e. The summed E-state index contributed by atoms with van der Waals surface area (Å²) in [5.74, 6) is 1.36. The molecule has 1 unspecified atom stereocenters. The van der Waals surface area contributed by atoms with Gasteiger partial charge in [-0.25, -0.2) is 0 Å². The van der Waals surface area contributed by atoms with Crippen LogP contribution >= 0.6 is 11.6 Å². The summed E-state index contributed by atoms with van der Waals surface area (Å²) in [5.41, 5.74) is 3.49. The Morgan fingerprint density at radius 3 is 2.50 bits per heavy atom. The molecule has 0 aliphatic heterocycles. The highest BCUT2D eigenvalue weighted by molar-refractivity contribution is 6.30. The SMILES string of the molecule is Clc1cccc(C(Nc2ccc3nnc(-c4ccccc4)n3n2)c2ccccn2)c1. The molecule has 3 heterocycles. The van der Waals surface area contributed by atoms with Gasteiger partial charge in [0.25, 0.3) is 0 Å². The number of nitrogens with zero attached hydrogens (tertiary/aromatic N) is 5. The highest BCUT2D eigenvalue weighted by Crippen LogP contribution is 2.27. The van der Waals surface area contributed by atoms with Crippen molar-refractivity contribution in [1.82, 2.24) is 24.8 Å². The molecule has 1 atom stereocenters. The minimum Gasteiger partial charge on any atom is -0.356 e. The molecule has 6 nitrogen and oxygen atoms in total.